The third kappa shape index (κ3) is 4.70. The number of rotatable bonds is 5. The molecule has 0 spiro atoms. The largest absolute Gasteiger partial charge is 0.491 e. The van der Waals surface area contributed by atoms with Crippen LogP contribution in [0.4, 0.5) is 4.39 Å². The number of benzene rings is 1. The van der Waals surface area contributed by atoms with Crippen LogP contribution in [-0.2, 0) is 0 Å². The Hall–Kier alpha value is -1.24. The summed E-state index contributed by atoms with van der Waals surface area (Å²) in [5, 5.41) is 0. The second-order valence-electron chi connectivity index (χ2n) is 4.78. The van der Waals surface area contributed by atoms with Gasteiger partial charge in [-0.05, 0) is 44.1 Å². The van der Waals surface area contributed by atoms with Crippen molar-refractivity contribution in [2.24, 2.45) is 0 Å². The number of likely N-dealkylation sites (tertiary alicyclic amines) is 1. The van der Waals surface area contributed by atoms with Gasteiger partial charge in [0, 0.05) is 18.8 Å². The summed E-state index contributed by atoms with van der Waals surface area (Å²) in [6.45, 7) is 3.81. The fourth-order valence-electron chi connectivity index (χ4n) is 2.22. The Morgan fingerprint density at radius 3 is 2.85 bits per heavy atom. The molecule has 1 saturated heterocycles. The van der Waals surface area contributed by atoms with E-state index in [0.717, 1.165) is 19.6 Å². The molecule has 0 unspecified atom stereocenters. The zero-order valence-corrected chi connectivity index (χ0v) is 12.3. The van der Waals surface area contributed by atoms with E-state index in [4.69, 9.17) is 16.3 Å². The maximum atomic E-state index is 13.3. The smallest absolute Gasteiger partial charge is 0.135 e. The summed E-state index contributed by atoms with van der Waals surface area (Å²) in [6, 6.07) is 4.45. The summed E-state index contributed by atoms with van der Waals surface area (Å²) in [7, 11) is 0. The molecule has 1 fully saturated rings. The molecule has 0 aliphatic carbocycles. The van der Waals surface area contributed by atoms with Crippen molar-refractivity contribution >= 4 is 11.6 Å². The molecule has 0 saturated carbocycles. The van der Waals surface area contributed by atoms with E-state index in [2.05, 4.69) is 16.7 Å². The molecule has 20 heavy (non-hydrogen) atoms. The average molecular weight is 296 g/mol. The number of hydrogen-bond donors (Lipinski definition) is 0. The van der Waals surface area contributed by atoms with E-state index in [1.165, 1.54) is 25.0 Å². The van der Waals surface area contributed by atoms with Crippen molar-refractivity contribution < 1.29 is 9.13 Å². The van der Waals surface area contributed by atoms with Gasteiger partial charge in [0.15, 0.2) is 0 Å². The summed E-state index contributed by atoms with van der Waals surface area (Å²) >= 11 is 5.58. The fourth-order valence-corrected chi connectivity index (χ4v) is 2.32. The van der Waals surface area contributed by atoms with Crippen molar-refractivity contribution in [2.75, 3.05) is 32.1 Å². The summed E-state index contributed by atoms with van der Waals surface area (Å²) in [5.74, 6) is 6.66. The Kier molecular flexibility index (Phi) is 6.17. The molecule has 1 aliphatic heterocycles. The lowest BCUT2D eigenvalue weighted by molar-refractivity contribution is 0.237. The number of alkyl halides is 1. The topological polar surface area (TPSA) is 12.5 Å². The predicted molar refractivity (Wildman–Crippen MR) is 79.8 cm³/mol. The highest BCUT2D eigenvalue weighted by atomic mass is 35.5. The minimum absolute atomic E-state index is 0.299. The van der Waals surface area contributed by atoms with Crippen molar-refractivity contribution in [3.8, 4) is 17.6 Å². The van der Waals surface area contributed by atoms with E-state index >= 15 is 0 Å². The van der Waals surface area contributed by atoms with Crippen LogP contribution in [-0.4, -0.2) is 37.0 Å². The fraction of sp³-hybridized carbons (Fsp3) is 0.500. The van der Waals surface area contributed by atoms with Gasteiger partial charge in [-0.2, -0.15) is 0 Å². The Morgan fingerprint density at radius 1 is 1.30 bits per heavy atom. The van der Waals surface area contributed by atoms with Gasteiger partial charge in [0.1, 0.15) is 18.2 Å². The molecule has 1 aromatic rings. The molecule has 108 valence electrons. The van der Waals surface area contributed by atoms with Crippen molar-refractivity contribution in [2.45, 2.75) is 19.3 Å². The van der Waals surface area contributed by atoms with Crippen molar-refractivity contribution in [3.63, 3.8) is 0 Å². The normalized spacial score (nSPS) is 14.9. The molecule has 0 radical (unpaired) electrons. The zero-order valence-electron chi connectivity index (χ0n) is 11.5. The van der Waals surface area contributed by atoms with Crippen LogP contribution < -0.4 is 4.74 Å². The molecule has 2 rings (SSSR count). The van der Waals surface area contributed by atoms with E-state index in [9.17, 15) is 4.39 Å². The van der Waals surface area contributed by atoms with Gasteiger partial charge < -0.3 is 4.74 Å². The molecule has 1 heterocycles. The minimum atomic E-state index is -0.299. The molecular weight excluding hydrogens is 277 g/mol. The molecule has 0 N–H and O–H groups in total. The van der Waals surface area contributed by atoms with E-state index in [1.54, 1.807) is 6.07 Å². The highest BCUT2D eigenvalue weighted by molar-refractivity contribution is 6.18. The van der Waals surface area contributed by atoms with Gasteiger partial charge in [0.2, 0.25) is 0 Å². The standard InChI is InChI=1S/C16H19ClFNO/c17-8-2-1-5-14-13-15(18)6-7-16(14)20-12-11-19-9-3-4-10-19/h6-7,13H,2-4,8-12H2. The van der Waals surface area contributed by atoms with Gasteiger partial charge >= 0.3 is 0 Å². The van der Waals surface area contributed by atoms with Crippen LogP contribution in [0.5, 0.6) is 5.75 Å². The Labute approximate surface area is 124 Å². The van der Waals surface area contributed by atoms with Crippen molar-refractivity contribution in [1.82, 2.24) is 4.90 Å². The van der Waals surface area contributed by atoms with E-state index in [1.807, 2.05) is 0 Å². The Bertz CT molecular complexity index is 489. The number of hydrogen-bond acceptors (Lipinski definition) is 2. The van der Waals surface area contributed by atoms with Crippen LogP contribution in [0.3, 0.4) is 0 Å². The first kappa shape index (κ1) is 15.2. The molecular formula is C16H19ClFNO. The van der Waals surface area contributed by atoms with E-state index in [-0.39, 0.29) is 5.82 Å². The molecule has 2 nitrogen and oxygen atoms in total. The lowest BCUT2D eigenvalue weighted by Crippen LogP contribution is -2.25. The molecule has 0 amide bonds. The quantitative estimate of drug-likeness (QED) is 0.610. The summed E-state index contributed by atoms with van der Waals surface area (Å²) < 4.78 is 19.0. The predicted octanol–water partition coefficient (Wildman–Crippen LogP) is 3.28. The van der Waals surface area contributed by atoms with E-state index in [0.29, 0.717) is 30.2 Å². The third-order valence-electron chi connectivity index (χ3n) is 3.25. The van der Waals surface area contributed by atoms with Gasteiger partial charge in [-0.3, -0.25) is 4.90 Å². The molecule has 0 bridgehead atoms. The molecule has 4 heteroatoms. The lowest BCUT2D eigenvalue weighted by atomic mass is 10.2. The van der Waals surface area contributed by atoms with Gasteiger partial charge in [-0.1, -0.05) is 11.8 Å². The maximum Gasteiger partial charge on any atom is 0.135 e. The molecule has 1 aromatic carbocycles. The zero-order chi connectivity index (χ0) is 14.2. The number of nitrogens with zero attached hydrogens (tertiary/aromatic N) is 1. The van der Waals surface area contributed by atoms with Gasteiger partial charge in [-0.15, -0.1) is 11.6 Å². The lowest BCUT2D eigenvalue weighted by Gasteiger charge is -2.15. The van der Waals surface area contributed by atoms with Crippen LogP contribution >= 0.6 is 11.6 Å². The minimum Gasteiger partial charge on any atom is -0.491 e. The molecule has 0 aromatic heterocycles. The highest BCUT2D eigenvalue weighted by Crippen LogP contribution is 2.19. The summed E-state index contributed by atoms with van der Waals surface area (Å²) in [5.41, 5.74) is 0.594. The molecule has 0 atom stereocenters. The van der Waals surface area contributed by atoms with Gasteiger partial charge in [-0.25, -0.2) is 4.39 Å². The second kappa shape index (κ2) is 8.14. The Morgan fingerprint density at radius 2 is 2.10 bits per heavy atom. The van der Waals surface area contributed by atoms with Crippen molar-refractivity contribution in [3.05, 3.63) is 29.6 Å². The van der Waals surface area contributed by atoms with Crippen molar-refractivity contribution in [1.29, 1.82) is 0 Å². The van der Waals surface area contributed by atoms with Crippen LogP contribution in [0.2, 0.25) is 0 Å². The molecule has 1 aliphatic rings. The van der Waals surface area contributed by atoms with E-state index < -0.39 is 0 Å². The van der Waals surface area contributed by atoms with Crippen LogP contribution in [0.1, 0.15) is 24.8 Å². The first-order valence-corrected chi connectivity index (χ1v) is 7.52. The first-order valence-electron chi connectivity index (χ1n) is 6.99. The van der Waals surface area contributed by atoms with Crippen LogP contribution in [0, 0.1) is 17.7 Å². The SMILES string of the molecule is Fc1ccc(OCCN2CCCC2)c(C#CCCCl)c1. The van der Waals surface area contributed by atoms with Gasteiger partial charge in [0.05, 0.1) is 5.56 Å². The third-order valence-corrected chi connectivity index (χ3v) is 3.44. The summed E-state index contributed by atoms with van der Waals surface area (Å²) in [4.78, 5) is 2.38. The summed E-state index contributed by atoms with van der Waals surface area (Å²) in [6.07, 6.45) is 3.13. The van der Waals surface area contributed by atoms with Crippen LogP contribution in [0.15, 0.2) is 18.2 Å². The number of halogens is 2. The Balaban J connectivity index is 1.93. The number of ether oxygens (including phenoxy) is 1. The maximum absolute atomic E-state index is 13.3. The first-order chi connectivity index (χ1) is 9.79. The average Bonchev–Trinajstić information content (AvgIpc) is 2.95. The highest BCUT2D eigenvalue weighted by Gasteiger charge is 2.11. The van der Waals surface area contributed by atoms with Crippen LogP contribution in [0.25, 0.3) is 0 Å². The second-order valence-corrected chi connectivity index (χ2v) is 5.16. The van der Waals surface area contributed by atoms with Gasteiger partial charge in [0.25, 0.3) is 0 Å². The monoisotopic (exact) mass is 295 g/mol.